The van der Waals surface area contributed by atoms with Crippen molar-refractivity contribution in [2.75, 3.05) is 47.0 Å². The van der Waals surface area contributed by atoms with E-state index in [1.807, 2.05) is 31.2 Å². The van der Waals surface area contributed by atoms with Crippen LogP contribution in [0, 0.1) is 12.3 Å². The number of nitrogens with zero attached hydrogens (tertiary/aromatic N) is 3. The van der Waals surface area contributed by atoms with Gasteiger partial charge in [0.05, 0.1) is 41.2 Å². The number of ether oxygens (including phenoxy) is 1. The first-order chi connectivity index (χ1) is 17.8. The number of sulfonamides is 1. The molecule has 1 saturated heterocycles. The number of aliphatic hydroxyl groups is 1. The molecule has 0 radical (unpaired) electrons. The lowest BCUT2D eigenvalue weighted by atomic mass is 9.93. The van der Waals surface area contributed by atoms with E-state index in [1.165, 1.54) is 19.2 Å². The second-order valence-electron chi connectivity index (χ2n) is 10.3. The second kappa shape index (κ2) is 10.3. The van der Waals surface area contributed by atoms with Gasteiger partial charge in [-0.3, -0.25) is 4.72 Å². The van der Waals surface area contributed by atoms with Gasteiger partial charge >= 0.3 is 0 Å². The van der Waals surface area contributed by atoms with Gasteiger partial charge in [0.25, 0.3) is 0 Å². The van der Waals surface area contributed by atoms with Crippen LogP contribution in [0.5, 0.6) is 5.75 Å². The fourth-order valence-electron chi connectivity index (χ4n) is 5.08. The molecule has 1 aromatic heterocycles. The summed E-state index contributed by atoms with van der Waals surface area (Å²) in [5.41, 5.74) is 4.40. The summed E-state index contributed by atoms with van der Waals surface area (Å²) in [5, 5.41) is 13.5. The molecule has 2 aromatic carbocycles. The van der Waals surface area contributed by atoms with E-state index in [2.05, 4.69) is 31.8 Å². The first-order valence-electron chi connectivity index (χ1n) is 13.0. The number of fused-ring (bicyclic) bond motifs is 1. The Morgan fingerprint density at radius 3 is 2.54 bits per heavy atom. The summed E-state index contributed by atoms with van der Waals surface area (Å²) in [5.74, 6) is 1.09. The molecular weight excluding hydrogens is 490 g/mol. The first kappa shape index (κ1) is 25.5. The lowest BCUT2D eigenvalue weighted by Crippen LogP contribution is -2.34. The largest absolute Gasteiger partial charge is 0.494 e. The normalized spacial score (nSPS) is 16.7. The van der Waals surface area contributed by atoms with Crippen LogP contribution in [-0.4, -0.2) is 55.5 Å². The maximum atomic E-state index is 12.4. The summed E-state index contributed by atoms with van der Waals surface area (Å²) in [7, 11) is -3.68. The third-order valence-corrected chi connectivity index (χ3v) is 8.53. The van der Waals surface area contributed by atoms with Gasteiger partial charge < -0.3 is 20.1 Å². The summed E-state index contributed by atoms with van der Waals surface area (Å²) in [6.07, 6.45) is 7.27. The van der Waals surface area contributed by atoms with Crippen LogP contribution >= 0.6 is 0 Å². The average Bonchev–Trinajstić information content (AvgIpc) is 3.61. The highest BCUT2D eigenvalue weighted by Crippen LogP contribution is 2.54. The van der Waals surface area contributed by atoms with E-state index in [0.717, 1.165) is 60.4 Å². The van der Waals surface area contributed by atoms with E-state index < -0.39 is 16.6 Å². The number of rotatable bonds is 10. The molecule has 0 amide bonds. The Kier molecular flexibility index (Phi) is 7.13. The number of benzene rings is 2. The molecule has 0 bridgehead atoms. The molecule has 0 atom stereocenters. The zero-order chi connectivity index (χ0) is 26.0. The summed E-state index contributed by atoms with van der Waals surface area (Å²) in [6.45, 7) is 6.11. The van der Waals surface area contributed by atoms with Gasteiger partial charge in [-0.1, -0.05) is 6.92 Å². The zero-order valence-corrected chi connectivity index (χ0v) is 22.3. The van der Waals surface area contributed by atoms with E-state index in [-0.39, 0.29) is 5.75 Å². The molecule has 2 fully saturated rings. The topological polar surface area (TPSA) is 117 Å². The molecule has 5 rings (SSSR count). The molecule has 0 unspecified atom stereocenters. The summed E-state index contributed by atoms with van der Waals surface area (Å²) < 4.78 is 33.3. The number of hydrogen-bond donors (Lipinski definition) is 3. The Morgan fingerprint density at radius 1 is 1.05 bits per heavy atom. The maximum absolute atomic E-state index is 12.4. The van der Waals surface area contributed by atoms with Crippen LogP contribution in [0.4, 0.5) is 22.9 Å². The molecule has 1 spiro atoms. The maximum Gasteiger partial charge on any atom is 0.234 e. The van der Waals surface area contributed by atoms with E-state index in [4.69, 9.17) is 9.84 Å². The van der Waals surface area contributed by atoms with Crippen molar-refractivity contribution in [3.05, 3.63) is 42.2 Å². The molecule has 37 heavy (non-hydrogen) atoms. The Balaban J connectivity index is 1.55. The predicted molar refractivity (Wildman–Crippen MR) is 147 cm³/mol. The number of aromatic nitrogens is 2. The number of hydrogen-bond acceptors (Lipinski definition) is 8. The van der Waals surface area contributed by atoms with E-state index in [0.29, 0.717) is 29.0 Å². The molecule has 10 heteroatoms. The van der Waals surface area contributed by atoms with Crippen molar-refractivity contribution >= 4 is 43.8 Å². The quantitative estimate of drug-likeness (QED) is 0.352. The first-order valence-corrected chi connectivity index (χ1v) is 14.6. The van der Waals surface area contributed by atoms with Gasteiger partial charge in [0.1, 0.15) is 17.9 Å². The van der Waals surface area contributed by atoms with Crippen LogP contribution in [0.2, 0.25) is 0 Å². The number of aliphatic hydroxyl groups excluding tert-OH is 1. The SMILES string of the molecule is CCCOc1cc(C)cc(Nc2ncnc3cc(NS(=O)(=O)CCO)cc(N4CCC5(CC4)CC5)c23)c1. The molecule has 1 saturated carbocycles. The van der Waals surface area contributed by atoms with Gasteiger partial charge in [0.15, 0.2) is 0 Å². The summed E-state index contributed by atoms with van der Waals surface area (Å²) in [6, 6.07) is 9.60. The number of nitrogens with one attached hydrogen (secondary N) is 2. The summed E-state index contributed by atoms with van der Waals surface area (Å²) in [4.78, 5) is 11.4. The molecule has 9 nitrogen and oxygen atoms in total. The number of aryl methyl sites for hydroxylation is 1. The van der Waals surface area contributed by atoms with Crippen molar-refractivity contribution in [3.8, 4) is 5.75 Å². The highest BCUT2D eigenvalue weighted by Gasteiger charge is 2.44. The monoisotopic (exact) mass is 525 g/mol. The predicted octanol–water partition coefficient (Wildman–Crippen LogP) is 4.59. The second-order valence-corrected chi connectivity index (χ2v) is 12.1. The van der Waals surface area contributed by atoms with Crippen molar-refractivity contribution in [3.63, 3.8) is 0 Å². The fraction of sp³-hybridized carbons (Fsp3) is 0.481. The van der Waals surface area contributed by atoms with Crippen LogP contribution in [0.15, 0.2) is 36.7 Å². The minimum atomic E-state index is -3.68. The lowest BCUT2D eigenvalue weighted by Gasteiger charge is -2.35. The van der Waals surface area contributed by atoms with E-state index in [9.17, 15) is 8.42 Å². The zero-order valence-electron chi connectivity index (χ0n) is 21.5. The highest BCUT2D eigenvalue weighted by molar-refractivity contribution is 7.92. The van der Waals surface area contributed by atoms with Crippen molar-refractivity contribution < 1.29 is 18.3 Å². The Morgan fingerprint density at radius 2 is 1.84 bits per heavy atom. The number of piperidine rings is 1. The molecule has 1 aliphatic carbocycles. The van der Waals surface area contributed by atoms with Crippen LogP contribution in [0.3, 0.4) is 0 Å². The van der Waals surface area contributed by atoms with Crippen molar-refractivity contribution in [1.29, 1.82) is 0 Å². The van der Waals surface area contributed by atoms with Crippen LogP contribution < -0.4 is 19.7 Å². The Hall–Kier alpha value is -3.11. The van der Waals surface area contributed by atoms with Crippen LogP contribution in [0.25, 0.3) is 10.9 Å². The van der Waals surface area contributed by atoms with Crippen molar-refractivity contribution in [1.82, 2.24) is 9.97 Å². The molecule has 198 valence electrons. The molecule has 3 aromatic rings. The standard InChI is InChI=1S/C27H35N5O4S/c1-3-11-36-22-14-19(2)13-20(15-22)30-26-25-23(28-18-29-26)16-21(31-37(34,35)12-10-33)17-24(25)32-8-6-27(4-5-27)7-9-32/h13-18,31,33H,3-12H2,1-2H3,(H,28,29,30). The van der Waals surface area contributed by atoms with Crippen LogP contribution in [0.1, 0.15) is 44.6 Å². The minimum absolute atomic E-state index is 0.362. The van der Waals surface area contributed by atoms with Gasteiger partial charge in [-0.15, -0.1) is 0 Å². The molecule has 1 aliphatic heterocycles. The van der Waals surface area contributed by atoms with Gasteiger partial charge in [0.2, 0.25) is 10.0 Å². The molecule has 2 heterocycles. The molecule has 2 aliphatic rings. The van der Waals surface area contributed by atoms with Crippen molar-refractivity contribution in [2.24, 2.45) is 5.41 Å². The van der Waals surface area contributed by atoms with Gasteiger partial charge in [0, 0.05) is 24.8 Å². The van der Waals surface area contributed by atoms with Gasteiger partial charge in [-0.25, -0.2) is 18.4 Å². The minimum Gasteiger partial charge on any atom is -0.494 e. The highest BCUT2D eigenvalue weighted by atomic mass is 32.2. The van der Waals surface area contributed by atoms with E-state index in [1.54, 1.807) is 6.07 Å². The third-order valence-electron chi connectivity index (χ3n) is 7.26. The van der Waals surface area contributed by atoms with E-state index >= 15 is 0 Å². The molecule has 3 N–H and O–H groups in total. The lowest BCUT2D eigenvalue weighted by molar-refractivity contribution is 0.317. The molecular formula is C27H35N5O4S. The summed E-state index contributed by atoms with van der Waals surface area (Å²) >= 11 is 0. The third kappa shape index (κ3) is 5.91. The van der Waals surface area contributed by atoms with Gasteiger partial charge in [-0.05, 0) is 74.3 Å². The Bertz CT molecular complexity index is 1380. The fourth-order valence-corrected chi connectivity index (χ4v) is 5.90. The number of anilines is 4. The Labute approximate surface area is 218 Å². The average molecular weight is 526 g/mol. The van der Waals surface area contributed by atoms with Crippen LogP contribution in [-0.2, 0) is 10.0 Å². The van der Waals surface area contributed by atoms with Gasteiger partial charge in [-0.2, -0.15) is 0 Å². The van der Waals surface area contributed by atoms with Crippen molar-refractivity contribution in [2.45, 2.75) is 46.0 Å². The smallest absolute Gasteiger partial charge is 0.234 e.